The zero-order valence-corrected chi connectivity index (χ0v) is 9.96. The van der Waals surface area contributed by atoms with Crippen molar-refractivity contribution in [1.82, 2.24) is 4.57 Å². The van der Waals surface area contributed by atoms with Crippen LogP contribution in [-0.2, 0) is 6.54 Å². The Kier molecular flexibility index (Phi) is 3.28. The van der Waals surface area contributed by atoms with Gasteiger partial charge < -0.3 is 9.67 Å². The summed E-state index contributed by atoms with van der Waals surface area (Å²) in [5.74, 6) is -0.964. The highest BCUT2D eigenvalue weighted by molar-refractivity contribution is 5.87. The summed E-state index contributed by atoms with van der Waals surface area (Å²) < 4.78 is 1.57. The first-order valence-corrected chi connectivity index (χ1v) is 5.55. The number of carbonyl (C=O) groups is 1. The number of pyridine rings is 1. The fraction of sp³-hybridized carbons (Fsp3) is 0.143. The van der Waals surface area contributed by atoms with Crippen LogP contribution in [-0.4, -0.2) is 15.6 Å². The SMILES string of the molecule is Cc1ccc(=O)n(Cc2cccc(C(=O)O)c2)c1. The van der Waals surface area contributed by atoms with Gasteiger partial charge in [-0.2, -0.15) is 0 Å². The van der Waals surface area contributed by atoms with Crippen LogP contribution in [0.3, 0.4) is 0 Å². The lowest BCUT2D eigenvalue weighted by Gasteiger charge is -2.07. The lowest BCUT2D eigenvalue weighted by atomic mass is 10.1. The minimum absolute atomic E-state index is 0.0960. The second-order valence-corrected chi connectivity index (χ2v) is 4.18. The molecule has 92 valence electrons. The standard InChI is InChI=1S/C14H13NO3/c1-10-5-6-13(16)15(8-10)9-11-3-2-4-12(7-11)14(17)18/h2-8H,9H2,1H3,(H,17,18). The predicted octanol–water partition coefficient (Wildman–Crippen LogP) is 1.90. The van der Waals surface area contributed by atoms with Gasteiger partial charge in [-0.05, 0) is 30.2 Å². The molecule has 18 heavy (non-hydrogen) atoms. The number of nitrogens with zero attached hydrogens (tertiary/aromatic N) is 1. The summed E-state index contributed by atoms with van der Waals surface area (Å²) in [5, 5.41) is 8.91. The third-order valence-electron chi connectivity index (χ3n) is 2.66. The molecule has 1 heterocycles. The number of carboxylic acids is 1. The first-order chi connectivity index (χ1) is 8.56. The van der Waals surface area contributed by atoms with Crippen LogP contribution in [0.1, 0.15) is 21.5 Å². The maximum Gasteiger partial charge on any atom is 0.335 e. The third kappa shape index (κ3) is 2.66. The van der Waals surface area contributed by atoms with Gasteiger partial charge in [-0.1, -0.05) is 18.2 Å². The molecular weight excluding hydrogens is 230 g/mol. The van der Waals surface area contributed by atoms with E-state index in [4.69, 9.17) is 5.11 Å². The summed E-state index contributed by atoms with van der Waals surface area (Å²) >= 11 is 0. The normalized spacial score (nSPS) is 10.3. The molecule has 0 unspecified atom stereocenters. The van der Waals surface area contributed by atoms with Crippen LogP contribution in [0.5, 0.6) is 0 Å². The number of carboxylic acid groups (broad SMARTS) is 1. The molecule has 0 aliphatic rings. The van der Waals surface area contributed by atoms with E-state index < -0.39 is 5.97 Å². The lowest BCUT2D eigenvalue weighted by Crippen LogP contribution is -2.19. The van der Waals surface area contributed by atoms with Crippen molar-refractivity contribution in [3.63, 3.8) is 0 Å². The highest BCUT2D eigenvalue weighted by Gasteiger charge is 2.04. The molecule has 0 saturated heterocycles. The van der Waals surface area contributed by atoms with E-state index in [-0.39, 0.29) is 11.1 Å². The number of aromatic carboxylic acids is 1. The molecule has 0 aliphatic carbocycles. The van der Waals surface area contributed by atoms with E-state index in [0.29, 0.717) is 6.54 Å². The molecule has 4 heteroatoms. The molecule has 0 fully saturated rings. The molecule has 0 aliphatic heterocycles. The van der Waals surface area contributed by atoms with E-state index in [9.17, 15) is 9.59 Å². The number of aryl methyl sites for hydroxylation is 1. The Hall–Kier alpha value is -2.36. The van der Waals surface area contributed by atoms with Crippen molar-refractivity contribution in [1.29, 1.82) is 0 Å². The second kappa shape index (κ2) is 4.87. The number of benzene rings is 1. The summed E-state index contributed by atoms with van der Waals surface area (Å²) in [6.45, 7) is 2.28. The Balaban J connectivity index is 2.34. The third-order valence-corrected chi connectivity index (χ3v) is 2.66. The summed E-state index contributed by atoms with van der Waals surface area (Å²) in [4.78, 5) is 22.5. The van der Waals surface area contributed by atoms with E-state index in [1.54, 1.807) is 35.0 Å². The molecule has 1 aromatic heterocycles. The van der Waals surface area contributed by atoms with Crippen molar-refractivity contribution in [3.05, 3.63) is 69.6 Å². The van der Waals surface area contributed by atoms with E-state index >= 15 is 0 Å². The van der Waals surface area contributed by atoms with E-state index in [1.165, 1.54) is 12.1 Å². The average Bonchev–Trinajstić information content (AvgIpc) is 2.34. The van der Waals surface area contributed by atoms with Gasteiger partial charge in [0.25, 0.3) is 5.56 Å². The number of hydrogen-bond donors (Lipinski definition) is 1. The van der Waals surface area contributed by atoms with E-state index in [2.05, 4.69) is 0 Å². The van der Waals surface area contributed by atoms with Crippen LogP contribution in [0.25, 0.3) is 0 Å². The number of aromatic nitrogens is 1. The van der Waals surface area contributed by atoms with Gasteiger partial charge >= 0.3 is 5.97 Å². The summed E-state index contributed by atoms with van der Waals surface area (Å²) in [5.41, 5.74) is 1.92. The summed E-state index contributed by atoms with van der Waals surface area (Å²) in [6, 6.07) is 9.87. The minimum atomic E-state index is -0.964. The van der Waals surface area contributed by atoms with Gasteiger partial charge in [0.1, 0.15) is 0 Å². The quantitative estimate of drug-likeness (QED) is 0.895. The van der Waals surface area contributed by atoms with Crippen molar-refractivity contribution in [2.45, 2.75) is 13.5 Å². The molecule has 0 spiro atoms. The monoisotopic (exact) mass is 243 g/mol. The maximum absolute atomic E-state index is 11.6. The van der Waals surface area contributed by atoms with Gasteiger partial charge in [0.05, 0.1) is 12.1 Å². The molecule has 1 N–H and O–H groups in total. The predicted molar refractivity (Wildman–Crippen MR) is 67.9 cm³/mol. The van der Waals surface area contributed by atoms with Gasteiger partial charge in [0.15, 0.2) is 0 Å². The Bertz CT molecular complexity index is 643. The van der Waals surface area contributed by atoms with Crippen LogP contribution >= 0.6 is 0 Å². The summed E-state index contributed by atoms with van der Waals surface area (Å²) in [6.07, 6.45) is 1.76. The smallest absolute Gasteiger partial charge is 0.335 e. The van der Waals surface area contributed by atoms with Crippen molar-refractivity contribution >= 4 is 5.97 Å². The van der Waals surface area contributed by atoms with Crippen molar-refractivity contribution in [2.75, 3.05) is 0 Å². The van der Waals surface area contributed by atoms with Crippen LogP contribution in [0.4, 0.5) is 0 Å². The first-order valence-electron chi connectivity index (χ1n) is 5.55. The zero-order valence-electron chi connectivity index (χ0n) is 9.96. The molecule has 0 saturated carbocycles. The Morgan fingerprint density at radius 2 is 2.06 bits per heavy atom. The van der Waals surface area contributed by atoms with Gasteiger partial charge in [-0.15, -0.1) is 0 Å². The van der Waals surface area contributed by atoms with Gasteiger partial charge in [0.2, 0.25) is 0 Å². The molecule has 0 amide bonds. The molecule has 0 radical (unpaired) electrons. The second-order valence-electron chi connectivity index (χ2n) is 4.18. The first kappa shape index (κ1) is 12.1. The molecule has 0 bridgehead atoms. The highest BCUT2D eigenvalue weighted by Crippen LogP contribution is 2.07. The van der Waals surface area contributed by atoms with Crippen molar-refractivity contribution in [3.8, 4) is 0 Å². The van der Waals surface area contributed by atoms with Gasteiger partial charge in [-0.25, -0.2) is 4.79 Å². The van der Waals surface area contributed by atoms with Gasteiger partial charge in [0, 0.05) is 12.3 Å². The summed E-state index contributed by atoms with van der Waals surface area (Å²) in [7, 11) is 0. The molecule has 2 rings (SSSR count). The van der Waals surface area contributed by atoms with E-state index in [1.807, 2.05) is 6.92 Å². The number of hydrogen-bond acceptors (Lipinski definition) is 2. The fourth-order valence-corrected chi connectivity index (χ4v) is 1.77. The Morgan fingerprint density at radius 3 is 2.78 bits per heavy atom. The molecule has 4 nitrogen and oxygen atoms in total. The minimum Gasteiger partial charge on any atom is -0.478 e. The van der Waals surface area contributed by atoms with Gasteiger partial charge in [-0.3, -0.25) is 4.79 Å². The van der Waals surface area contributed by atoms with E-state index in [0.717, 1.165) is 11.1 Å². The number of rotatable bonds is 3. The zero-order chi connectivity index (χ0) is 13.1. The highest BCUT2D eigenvalue weighted by atomic mass is 16.4. The largest absolute Gasteiger partial charge is 0.478 e. The van der Waals surface area contributed by atoms with Crippen LogP contribution in [0, 0.1) is 6.92 Å². The lowest BCUT2D eigenvalue weighted by molar-refractivity contribution is 0.0696. The van der Waals surface area contributed by atoms with Crippen LogP contribution in [0.15, 0.2) is 47.4 Å². The average molecular weight is 243 g/mol. The molecule has 0 atom stereocenters. The maximum atomic E-state index is 11.6. The molecule has 1 aromatic carbocycles. The Labute approximate surface area is 104 Å². The van der Waals surface area contributed by atoms with Crippen molar-refractivity contribution in [2.24, 2.45) is 0 Å². The Morgan fingerprint density at radius 1 is 1.28 bits per heavy atom. The topological polar surface area (TPSA) is 59.3 Å². The van der Waals surface area contributed by atoms with Crippen LogP contribution < -0.4 is 5.56 Å². The van der Waals surface area contributed by atoms with Crippen LogP contribution in [0.2, 0.25) is 0 Å². The molecular formula is C14H13NO3. The molecule has 2 aromatic rings. The van der Waals surface area contributed by atoms with Crippen molar-refractivity contribution < 1.29 is 9.90 Å². The fourth-order valence-electron chi connectivity index (χ4n) is 1.77.